The molecule has 0 saturated carbocycles. The van der Waals surface area contributed by atoms with Crippen LogP contribution >= 0.6 is 0 Å². The predicted molar refractivity (Wildman–Crippen MR) is 109 cm³/mol. The van der Waals surface area contributed by atoms with Crippen LogP contribution in [0.25, 0.3) is 0 Å². The fraction of sp³-hybridized carbons (Fsp3) is 0.381. The molecule has 0 aliphatic carbocycles. The van der Waals surface area contributed by atoms with Crippen molar-refractivity contribution in [3.63, 3.8) is 0 Å². The molecule has 1 aromatic carbocycles. The topological polar surface area (TPSA) is 116 Å². The second-order valence-electron chi connectivity index (χ2n) is 6.79. The van der Waals surface area contributed by atoms with E-state index in [1.54, 1.807) is 6.07 Å². The van der Waals surface area contributed by atoms with Gasteiger partial charge in [0.05, 0.1) is 31.7 Å². The molecule has 162 valence electrons. The van der Waals surface area contributed by atoms with E-state index in [0.717, 1.165) is 6.42 Å². The molecule has 0 spiro atoms. The molecule has 0 atom stereocenters. The third kappa shape index (κ3) is 6.26. The summed E-state index contributed by atoms with van der Waals surface area (Å²) in [4.78, 5) is 36.9. The van der Waals surface area contributed by atoms with E-state index in [2.05, 4.69) is 10.6 Å². The third-order valence-electron chi connectivity index (χ3n) is 4.12. The molecule has 9 nitrogen and oxygen atoms in total. The van der Waals surface area contributed by atoms with Crippen LogP contribution in [0.1, 0.15) is 41.2 Å². The van der Waals surface area contributed by atoms with Crippen LogP contribution in [-0.2, 0) is 9.53 Å². The molecule has 30 heavy (non-hydrogen) atoms. The zero-order valence-electron chi connectivity index (χ0n) is 17.4. The van der Waals surface area contributed by atoms with E-state index in [1.165, 1.54) is 38.7 Å². The Hall–Kier alpha value is -3.49. The number of ether oxygens (including phenoxy) is 3. The van der Waals surface area contributed by atoms with Gasteiger partial charge < -0.3 is 29.3 Å². The fourth-order valence-electron chi connectivity index (χ4n) is 2.50. The Bertz CT molecular complexity index is 876. The van der Waals surface area contributed by atoms with Crippen molar-refractivity contribution in [3.05, 3.63) is 41.9 Å². The van der Waals surface area contributed by atoms with Gasteiger partial charge in [-0.05, 0) is 24.5 Å². The first-order valence-electron chi connectivity index (χ1n) is 9.40. The van der Waals surface area contributed by atoms with E-state index in [1.807, 2.05) is 13.8 Å². The van der Waals surface area contributed by atoms with Gasteiger partial charge in [0.2, 0.25) is 0 Å². The molecule has 2 rings (SSSR count). The first kappa shape index (κ1) is 22.8. The fourth-order valence-corrected chi connectivity index (χ4v) is 2.50. The summed E-state index contributed by atoms with van der Waals surface area (Å²) in [6.07, 6.45) is 2.18. The van der Waals surface area contributed by atoms with Crippen LogP contribution in [0.5, 0.6) is 11.5 Å². The second kappa shape index (κ2) is 10.9. The molecule has 0 unspecified atom stereocenters. The van der Waals surface area contributed by atoms with Crippen LogP contribution in [0.3, 0.4) is 0 Å². The van der Waals surface area contributed by atoms with Crippen LogP contribution in [-0.4, -0.2) is 45.2 Å². The highest BCUT2D eigenvalue weighted by atomic mass is 16.5. The molecule has 0 aliphatic heterocycles. The van der Waals surface area contributed by atoms with E-state index in [0.29, 0.717) is 18.2 Å². The summed E-state index contributed by atoms with van der Waals surface area (Å²) in [5, 5.41) is 5.27. The lowest BCUT2D eigenvalue weighted by Crippen LogP contribution is -2.30. The molecule has 2 amide bonds. The first-order valence-corrected chi connectivity index (χ1v) is 9.40. The number of furan rings is 1. The SMILES string of the molecule is COc1cc(NC(=O)c2ccco2)c(C(=O)OCC(=O)NCCC(C)C)cc1OC. The van der Waals surface area contributed by atoms with Crippen molar-refractivity contribution in [1.29, 1.82) is 0 Å². The number of anilines is 1. The number of rotatable bonds is 10. The summed E-state index contributed by atoms with van der Waals surface area (Å²) in [5.74, 6) is -0.700. The molecule has 1 aromatic heterocycles. The van der Waals surface area contributed by atoms with Gasteiger partial charge in [0.25, 0.3) is 11.8 Å². The lowest BCUT2D eigenvalue weighted by Gasteiger charge is -2.15. The summed E-state index contributed by atoms with van der Waals surface area (Å²) < 4.78 is 20.6. The van der Waals surface area contributed by atoms with Crippen molar-refractivity contribution in [2.24, 2.45) is 5.92 Å². The highest BCUT2D eigenvalue weighted by Crippen LogP contribution is 2.34. The Balaban J connectivity index is 2.16. The molecule has 2 N–H and O–H groups in total. The zero-order valence-corrected chi connectivity index (χ0v) is 17.4. The number of carbonyl (C=O) groups is 3. The minimum Gasteiger partial charge on any atom is -0.493 e. The molecule has 0 radical (unpaired) electrons. The van der Waals surface area contributed by atoms with Gasteiger partial charge in [-0.3, -0.25) is 9.59 Å². The number of hydrogen-bond acceptors (Lipinski definition) is 7. The predicted octanol–water partition coefficient (Wildman–Crippen LogP) is 2.87. The molecule has 9 heteroatoms. The van der Waals surface area contributed by atoms with E-state index < -0.39 is 24.4 Å². The van der Waals surface area contributed by atoms with Crippen LogP contribution < -0.4 is 20.1 Å². The average Bonchev–Trinajstić information content (AvgIpc) is 3.26. The summed E-state index contributed by atoms with van der Waals surface area (Å²) in [7, 11) is 2.84. The number of benzene rings is 1. The summed E-state index contributed by atoms with van der Waals surface area (Å²) >= 11 is 0. The maximum Gasteiger partial charge on any atom is 0.340 e. The van der Waals surface area contributed by atoms with Crippen LogP contribution in [0.15, 0.2) is 34.9 Å². The number of hydrogen-bond donors (Lipinski definition) is 2. The highest BCUT2D eigenvalue weighted by Gasteiger charge is 2.21. The summed E-state index contributed by atoms with van der Waals surface area (Å²) in [5.41, 5.74) is 0.127. The summed E-state index contributed by atoms with van der Waals surface area (Å²) in [6.45, 7) is 4.13. The lowest BCUT2D eigenvalue weighted by atomic mass is 10.1. The Morgan fingerprint density at radius 2 is 1.80 bits per heavy atom. The first-order chi connectivity index (χ1) is 14.3. The minimum absolute atomic E-state index is 0.00235. The molecular formula is C21H26N2O7. The van der Waals surface area contributed by atoms with Crippen molar-refractivity contribution in [2.75, 3.05) is 32.7 Å². The highest BCUT2D eigenvalue weighted by molar-refractivity contribution is 6.07. The van der Waals surface area contributed by atoms with Crippen molar-refractivity contribution in [1.82, 2.24) is 5.32 Å². The molecule has 0 saturated heterocycles. The van der Waals surface area contributed by atoms with Crippen LogP contribution in [0.4, 0.5) is 5.69 Å². The molecule has 2 aromatic rings. The number of esters is 1. The third-order valence-corrected chi connectivity index (χ3v) is 4.12. The minimum atomic E-state index is -0.801. The van der Waals surface area contributed by atoms with Gasteiger partial charge in [0.1, 0.15) is 0 Å². The monoisotopic (exact) mass is 418 g/mol. The van der Waals surface area contributed by atoms with E-state index in [4.69, 9.17) is 18.6 Å². The van der Waals surface area contributed by atoms with E-state index >= 15 is 0 Å². The lowest BCUT2D eigenvalue weighted by molar-refractivity contribution is -0.124. The maximum absolute atomic E-state index is 12.6. The van der Waals surface area contributed by atoms with E-state index in [9.17, 15) is 14.4 Å². The zero-order chi connectivity index (χ0) is 22.1. The smallest absolute Gasteiger partial charge is 0.340 e. The van der Waals surface area contributed by atoms with Gasteiger partial charge >= 0.3 is 5.97 Å². The average molecular weight is 418 g/mol. The molecule has 0 aliphatic rings. The Labute approximate surface area is 174 Å². The number of carbonyl (C=O) groups excluding carboxylic acids is 3. The van der Waals surface area contributed by atoms with Gasteiger partial charge in [-0.1, -0.05) is 13.8 Å². The largest absolute Gasteiger partial charge is 0.493 e. The number of methoxy groups -OCH3 is 2. The normalized spacial score (nSPS) is 10.4. The van der Waals surface area contributed by atoms with Crippen LogP contribution in [0, 0.1) is 5.92 Å². The van der Waals surface area contributed by atoms with Crippen molar-refractivity contribution in [2.45, 2.75) is 20.3 Å². The molecule has 1 heterocycles. The summed E-state index contributed by atoms with van der Waals surface area (Å²) in [6, 6.07) is 5.85. The Morgan fingerprint density at radius 3 is 2.40 bits per heavy atom. The van der Waals surface area contributed by atoms with Crippen molar-refractivity contribution < 1.29 is 33.0 Å². The van der Waals surface area contributed by atoms with Gasteiger partial charge in [0, 0.05) is 18.7 Å². The van der Waals surface area contributed by atoms with Gasteiger partial charge in [-0.25, -0.2) is 4.79 Å². The quantitative estimate of drug-likeness (QED) is 0.570. The van der Waals surface area contributed by atoms with Crippen molar-refractivity contribution in [3.8, 4) is 11.5 Å². The van der Waals surface area contributed by atoms with Gasteiger partial charge in [0.15, 0.2) is 23.9 Å². The Morgan fingerprint density at radius 1 is 1.10 bits per heavy atom. The van der Waals surface area contributed by atoms with Crippen LogP contribution in [0.2, 0.25) is 0 Å². The molecule has 0 bridgehead atoms. The maximum atomic E-state index is 12.6. The number of amides is 2. The standard InChI is InChI=1S/C21H26N2O7/c1-13(2)7-8-22-19(24)12-30-21(26)14-10-17(27-3)18(28-4)11-15(14)23-20(25)16-6-5-9-29-16/h5-6,9-11,13H,7-8,12H2,1-4H3,(H,22,24)(H,23,25). The van der Waals surface area contributed by atoms with Crippen molar-refractivity contribution >= 4 is 23.5 Å². The molecule has 0 fully saturated rings. The molecular weight excluding hydrogens is 392 g/mol. The van der Waals surface area contributed by atoms with Gasteiger partial charge in [-0.15, -0.1) is 0 Å². The Kier molecular flexibility index (Phi) is 8.28. The second-order valence-corrected chi connectivity index (χ2v) is 6.79. The van der Waals surface area contributed by atoms with E-state index in [-0.39, 0.29) is 22.8 Å². The van der Waals surface area contributed by atoms with Gasteiger partial charge in [-0.2, -0.15) is 0 Å². The number of nitrogens with one attached hydrogen (secondary N) is 2.